The first-order valence-corrected chi connectivity index (χ1v) is 5.94. The van der Waals surface area contributed by atoms with Gasteiger partial charge in [-0.25, -0.2) is 18.2 Å². The summed E-state index contributed by atoms with van der Waals surface area (Å²) in [6.45, 7) is 0. The summed E-state index contributed by atoms with van der Waals surface area (Å²) >= 11 is 7.06. The quantitative estimate of drug-likeness (QED) is 0.505. The summed E-state index contributed by atoms with van der Waals surface area (Å²) in [5.41, 5.74) is 1.14. The number of aromatic nitrogens is 1. The molecule has 2 nitrogen and oxygen atoms in total. The molecule has 1 aromatic heterocycles. The molecule has 0 radical (unpaired) electrons. The van der Waals surface area contributed by atoms with Crippen molar-refractivity contribution in [2.75, 3.05) is 0 Å². The van der Waals surface area contributed by atoms with Gasteiger partial charge < -0.3 is 0 Å². The fourth-order valence-electron chi connectivity index (χ4n) is 1.75. The van der Waals surface area contributed by atoms with E-state index in [-0.39, 0.29) is 18.8 Å². The van der Waals surface area contributed by atoms with Crippen LogP contribution in [0.3, 0.4) is 0 Å². The van der Waals surface area contributed by atoms with Gasteiger partial charge in [0.15, 0.2) is 0 Å². The number of rotatable bonds is 2. The smallest absolute Gasteiger partial charge is 0.240 e. The fourth-order valence-corrected chi connectivity index (χ4v) is 2.36. The zero-order valence-electron chi connectivity index (χ0n) is 8.20. The molecule has 0 aromatic carbocycles. The first-order chi connectivity index (χ1) is 7.52. The molecule has 0 atom stereocenters. The van der Waals surface area contributed by atoms with E-state index in [9.17, 15) is 8.78 Å². The molecule has 1 aliphatic rings. The molecule has 0 amide bonds. The van der Waals surface area contributed by atoms with Gasteiger partial charge in [0, 0.05) is 18.8 Å². The highest BCUT2D eigenvalue weighted by Crippen LogP contribution is 2.44. The van der Waals surface area contributed by atoms with Gasteiger partial charge in [-0.3, -0.25) is 0 Å². The number of pyridine rings is 1. The van der Waals surface area contributed by atoms with E-state index in [4.69, 9.17) is 0 Å². The van der Waals surface area contributed by atoms with Crippen LogP contribution >= 0.6 is 28.7 Å². The summed E-state index contributed by atoms with van der Waals surface area (Å²) in [4.78, 5) is 4.19. The first-order valence-electron chi connectivity index (χ1n) is 4.74. The zero-order valence-corrected chi connectivity index (χ0v) is 10.7. The topological polar surface area (TPSA) is 25.2 Å². The monoisotopic (exact) mass is 306 g/mol. The van der Waals surface area contributed by atoms with Gasteiger partial charge in [0.1, 0.15) is 4.60 Å². The van der Waals surface area contributed by atoms with Gasteiger partial charge in [-0.2, -0.15) is 0 Å². The fraction of sp³-hybridized carbons (Fsp3) is 0.400. The summed E-state index contributed by atoms with van der Waals surface area (Å²) in [6, 6.07) is 5.31. The van der Waals surface area contributed by atoms with Gasteiger partial charge in [-0.1, -0.05) is 6.07 Å². The van der Waals surface area contributed by atoms with Gasteiger partial charge in [0.2, 0.25) is 5.92 Å². The van der Waals surface area contributed by atoms with E-state index in [1.54, 1.807) is 18.2 Å². The normalized spacial score (nSPS) is 20.6. The Hall–Kier alpha value is -0.490. The van der Waals surface area contributed by atoms with E-state index in [0.717, 1.165) is 0 Å². The van der Waals surface area contributed by atoms with Gasteiger partial charge in [0.05, 0.1) is 11.4 Å². The largest absolute Gasteiger partial charge is 0.249 e. The maximum Gasteiger partial charge on any atom is 0.249 e. The molecular formula is C10H9BrF2N2S. The molecule has 1 aliphatic carbocycles. The van der Waals surface area contributed by atoms with Crippen molar-refractivity contribution < 1.29 is 8.78 Å². The van der Waals surface area contributed by atoms with Gasteiger partial charge in [0.25, 0.3) is 0 Å². The van der Waals surface area contributed by atoms with Crippen molar-refractivity contribution in [1.82, 2.24) is 4.98 Å². The third kappa shape index (κ3) is 2.43. The molecule has 16 heavy (non-hydrogen) atoms. The Morgan fingerprint density at radius 2 is 2.19 bits per heavy atom. The van der Waals surface area contributed by atoms with E-state index in [2.05, 4.69) is 38.1 Å². The summed E-state index contributed by atoms with van der Waals surface area (Å²) < 4.78 is 30.0. The third-order valence-electron chi connectivity index (χ3n) is 2.56. The molecule has 0 spiro atoms. The van der Waals surface area contributed by atoms with Crippen LogP contribution in [0.4, 0.5) is 8.78 Å². The van der Waals surface area contributed by atoms with Crippen LogP contribution in [0.15, 0.2) is 27.2 Å². The number of hydrogen-bond donors (Lipinski definition) is 1. The predicted octanol–water partition coefficient (Wildman–Crippen LogP) is 3.52. The lowest BCUT2D eigenvalue weighted by atomic mass is 9.77. The van der Waals surface area contributed by atoms with Crippen molar-refractivity contribution in [2.45, 2.75) is 18.8 Å². The highest BCUT2D eigenvalue weighted by atomic mass is 79.9. The van der Waals surface area contributed by atoms with Gasteiger partial charge in [-0.05, 0) is 40.9 Å². The first kappa shape index (κ1) is 12.0. The highest BCUT2D eigenvalue weighted by molar-refractivity contribution is 9.10. The number of halogens is 3. The Kier molecular flexibility index (Phi) is 3.30. The van der Waals surface area contributed by atoms with Gasteiger partial charge >= 0.3 is 0 Å². The summed E-state index contributed by atoms with van der Waals surface area (Å²) in [5, 5.41) is 0. The number of thiol groups is 1. The second kappa shape index (κ2) is 4.41. The number of hydrogen-bond acceptors (Lipinski definition) is 3. The van der Waals surface area contributed by atoms with Crippen LogP contribution in [0.25, 0.3) is 0 Å². The molecule has 0 bridgehead atoms. The van der Waals surface area contributed by atoms with Crippen LogP contribution in [0.2, 0.25) is 0 Å². The Bertz CT molecular complexity index is 429. The Morgan fingerprint density at radius 3 is 2.69 bits per heavy atom. The van der Waals surface area contributed by atoms with Crippen LogP contribution in [0.1, 0.15) is 18.5 Å². The Morgan fingerprint density at radius 1 is 1.50 bits per heavy atom. The lowest BCUT2D eigenvalue weighted by Crippen LogP contribution is -2.40. The molecule has 0 saturated heterocycles. The Balaban J connectivity index is 2.19. The lowest BCUT2D eigenvalue weighted by Gasteiger charge is -2.35. The zero-order chi connectivity index (χ0) is 11.8. The van der Waals surface area contributed by atoms with Crippen LogP contribution in [-0.4, -0.2) is 16.6 Å². The van der Waals surface area contributed by atoms with Crippen LogP contribution in [0.5, 0.6) is 0 Å². The van der Waals surface area contributed by atoms with E-state index < -0.39 is 5.92 Å². The molecule has 0 aliphatic heterocycles. The maximum absolute atomic E-state index is 12.8. The second-order valence-electron chi connectivity index (χ2n) is 3.79. The lowest BCUT2D eigenvalue weighted by molar-refractivity contribution is -0.0907. The summed E-state index contributed by atoms with van der Waals surface area (Å²) in [7, 11) is 0. The van der Waals surface area contributed by atoms with Crippen molar-refractivity contribution in [1.29, 1.82) is 0 Å². The molecule has 0 N–H and O–H groups in total. The molecule has 2 rings (SSSR count). The molecule has 6 heteroatoms. The van der Waals surface area contributed by atoms with Crippen molar-refractivity contribution in [3.05, 3.63) is 28.5 Å². The maximum atomic E-state index is 12.8. The van der Waals surface area contributed by atoms with E-state index in [1.165, 1.54) is 0 Å². The van der Waals surface area contributed by atoms with E-state index >= 15 is 0 Å². The van der Waals surface area contributed by atoms with Crippen molar-refractivity contribution in [3.63, 3.8) is 0 Å². The molecule has 1 heterocycles. The minimum atomic E-state index is -2.56. The predicted molar refractivity (Wildman–Crippen MR) is 65.1 cm³/mol. The number of nitrogens with zero attached hydrogens (tertiary/aromatic N) is 2. The molecule has 86 valence electrons. The minimum absolute atomic E-state index is 0.166. The van der Waals surface area contributed by atoms with E-state index in [1.807, 2.05) is 0 Å². The minimum Gasteiger partial charge on any atom is -0.240 e. The summed E-state index contributed by atoms with van der Waals surface area (Å²) in [6.07, 6.45) is -0.332. The van der Waals surface area contributed by atoms with Crippen LogP contribution in [-0.2, 0) is 0 Å². The Labute approximate surface area is 106 Å². The third-order valence-corrected chi connectivity index (χ3v) is 3.22. The summed E-state index contributed by atoms with van der Waals surface area (Å²) in [5.74, 6) is -2.80. The number of alkyl halides is 2. The second-order valence-corrected chi connectivity index (χ2v) is 4.80. The SMILES string of the molecule is FC1(F)CC(C(=NS)c2cccc(Br)n2)C1. The van der Waals surface area contributed by atoms with Crippen LogP contribution in [0, 0.1) is 5.92 Å². The van der Waals surface area contributed by atoms with Crippen molar-refractivity contribution in [2.24, 2.45) is 10.3 Å². The van der Waals surface area contributed by atoms with Gasteiger partial charge in [-0.15, -0.1) is 0 Å². The highest BCUT2D eigenvalue weighted by Gasteiger charge is 2.47. The molecular weight excluding hydrogens is 298 g/mol. The molecule has 1 saturated carbocycles. The average Bonchev–Trinajstić information content (AvgIpc) is 2.16. The standard InChI is InChI=1S/C10H9BrF2N2S/c11-8-3-1-2-7(14-8)9(15-16)6-4-10(12,13)5-6/h1-3,6,16H,4-5H2. The van der Waals surface area contributed by atoms with Crippen LogP contribution < -0.4 is 0 Å². The molecule has 1 fully saturated rings. The van der Waals surface area contributed by atoms with E-state index in [0.29, 0.717) is 16.0 Å². The molecule has 1 aromatic rings. The van der Waals surface area contributed by atoms with Crippen molar-refractivity contribution >= 4 is 34.5 Å². The average molecular weight is 307 g/mol. The molecule has 0 unspecified atom stereocenters. The van der Waals surface area contributed by atoms with Crippen molar-refractivity contribution in [3.8, 4) is 0 Å².